The number of nitrogens with zero attached hydrogens (tertiary/aromatic N) is 4. The first kappa shape index (κ1) is 57.1. The number of ether oxygens (including phenoxy) is 3. The summed E-state index contributed by atoms with van der Waals surface area (Å²) < 4.78 is 16.9. The van der Waals surface area contributed by atoms with Crippen molar-refractivity contribution in [2.24, 2.45) is 17.3 Å². The van der Waals surface area contributed by atoms with E-state index in [2.05, 4.69) is 48.1 Å². The lowest BCUT2D eigenvalue weighted by Crippen LogP contribution is -2.57. The molecule has 76 heavy (non-hydrogen) atoms. The van der Waals surface area contributed by atoms with Crippen LogP contribution in [0.5, 0.6) is 11.5 Å². The van der Waals surface area contributed by atoms with Crippen molar-refractivity contribution in [1.29, 1.82) is 0 Å². The van der Waals surface area contributed by atoms with Crippen molar-refractivity contribution < 1.29 is 43.3 Å². The minimum absolute atomic E-state index is 0.0433. The highest BCUT2D eigenvalue weighted by Gasteiger charge is 2.49. The molecule has 2 aliphatic heterocycles. The zero-order valence-corrected chi connectivity index (χ0v) is 44.9. The second-order valence-corrected chi connectivity index (χ2v) is 20.9. The van der Waals surface area contributed by atoms with Gasteiger partial charge in [0, 0.05) is 95.3 Å². The van der Waals surface area contributed by atoms with Crippen LogP contribution in [-0.4, -0.2) is 142 Å². The lowest BCUT2D eigenvalue weighted by Gasteiger charge is -2.48. The number of carbonyl (C=O) groups is 5. The van der Waals surface area contributed by atoms with Gasteiger partial charge in [0.05, 0.1) is 37.9 Å². The van der Waals surface area contributed by atoms with Crippen molar-refractivity contribution in [3.05, 3.63) is 96.1 Å². The third kappa shape index (κ3) is 15.7. The molecule has 8 rings (SSSR count). The Morgan fingerprint density at radius 3 is 1.43 bits per heavy atom. The number of piperidine rings is 2. The number of methoxy groups -OCH3 is 2. The maximum absolute atomic E-state index is 13.8. The van der Waals surface area contributed by atoms with Crippen molar-refractivity contribution in [2.75, 3.05) is 60.1 Å². The Kier molecular flexibility index (Phi) is 21.4. The first-order chi connectivity index (χ1) is 36.9. The summed E-state index contributed by atoms with van der Waals surface area (Å²) in [7, 11) is 3.22. The molecule has 2 saturated carbocycles. The fourth-order valence-electron chi connectivity index (χ4n) is 12.0. The van der Waals surface area contributed by atoms with Crippen LogP contribution in [0.4, 0.5) is 9.59 Å². The number of urea groups is 2. The molecule has 6 amide bonds. The Balaban J connectivity index is 0.000000221. The number of aliphatic carboxylic acids is 1. The van der Waals surface area contributed by atoms with Gasteiger partial charge < -0.3 is 60.4 Å². The second kappa shape index (κ2) is 28.5. The summed E-state index contributed by atoms with van der Waals surface area (Å²) in [6, 6.07) is 12.8. The molecule has 2 saturated heterocycles. The number of H-pyrrole nitrogens is 2. The van der Waals surface area contributed by atoms with Gasteiger partial charge in [0.15, 0.2) is 0 Å². The predicted molar refractivity (Wildman–Crippen MR) is 288 cm³/mol. The summed E-state index contributed by atoms with van der Waals surface area (Å²) in [6.07, 6.45) is 22.7. The molecule has 4 fully saturated rings. The normalized spacial score (nSPS) is 18.5. The van der Waals surface area contributed by atoms with Gasteiger partial charge in [-0.25, -0.2) is 19.6 Å². The number of hydrogen-bond donors (Lipinski definition) is 7. The molecule has 2 aliphatic carbocycles. The number of benzene rings is 2. The molecule has 0 radical (unpaired) electrons. The molecule has 19 heteroatoms. The lowest BCUT2D eigenvalue weighted by molar-refractivity contribution is -0.160. The van der Waals surface area contributed by atoms with Gasteiger partial charge in [-0.05, 0) is 106 Å². The van der Waals surface area contributed by atoms with E-state index in [1.807, 2.05) is 53.4 Å². The molecule has 2 aromatic heterocycles. The number of carbonyl (C=O) groups excluding carboxylic acids is 4. The summed E-state index contributed by atoms with van der Waals surface area (Å²) in [5.74, 6) is 1.24. The minimum Gasteiger partial charge on any atom is -0.497 e. The Morgan fingerprint density at radius 1 is 0.632 bits per heavy atom. The van der Waals surface area contributed by atoms with Crippen molar-refractivity contribution in [1.82, 2.24) is 51.0 Å². The monoisotopic (exact) mass is 1050 g/mol. The molecule has 414 valence electrons. The van der Waals surface area contributed by atoms with Crippen molar-refractivity contribution in [2.45, 2.75) is 140 Å². The molecule has 7 N–H and O–H groups in total. The molecule has 2 unspecified atom stereocenters. The molecule has 2 atom stereocenters. The number of aromatic nitrogens is 4. The highest BCUT2D eigenvalue weighted by atomic mass is 16.5. The quantitative estimate of drug-likeness (QED) is 0.0448. The van der Waals surface area contributed by atoms with Crippen molar-refractivity contribution in [3.8, 4) is 11.5 Å². The largest absolute Gasteiger partial charge is 0.497 e. The van der Waals surface area contributed by atoms with E-state index < -0.39 is 29.5 Å². The molecule has 2 aromatic carbocycles. The number of nitrogens with one attached hydrogen (secondary N) is 6. The molecule has 4 heterocycles. The number of aromatic amines is 2. The van der Waals surface area contributed by atoms with Crippen LogP contribution < -0.4 is 30.7 Å². The Labute approximate surface area is 447 Å². The first-order valence-electron chi connectivity index (χ1n) is 27.7. The van der Waals surface area contributed by atoms with Gasteiger partial charge in [-0.1, -0.05) is 62.8 Å². The summed E-state index contributed by atoms with van der Waals surface area (Å²) in [4.78, 5) is 83.1. The van der Waals surface area contributed by atoms with E-state index in [1.165, 1.54) is 38.5 Å². The third-order valence-corrected chi connectivity index (χ3v) is 16.4. The van der Waals surface area contributed by atoms with Gasteiger partial charge in [-0.3, -0.25) is 14.4 Å². The Morgan fingerprint density at radius 2 is 1.05 bits per heavy atom. The SMILES string of the molecule is CCOC1(C2CCCCC2)CCN(C(=O)C(Cc2ccc(OC)cc2)NC(=O)NCCc2cnc[nH]2)CC1.COc1ccc(CC(NC(=O)NCCc2cnc[nH]2)C(=O)N2CCC(C(=O)O)(C3CCCCC3)CC2)cc1. The molecule has 4 aromatic rings. The van der Waals surface area contributed by atoms with Gasteiger partial charge in [0.1, 0.15) is 23.6 Å². The number of hydrogen-bond acceptors (Lipinski definition) is 10. The van der Waals surface area contributed by atoms with Crippen LogP contribution in [0.1, 0.15) is 119 Å². The standard InChI is InChI=1S/C29H43N5O4.C28H39N5O5/c1-3-38-29(23-7-5-4-6-8-23)14-17-34(18-15-29)27(35)26(19-22-9-11-25(37-2)12-10-22)33-28(36)31-16-13-24-20-30-21-32-24;1-38-23-9-7-20(8-10-23)17-24(32-27(37)30-14-11-22-18-29-19-31-22)25(34)33-15-12-28(13-16-33,26(35)36)21-5-3-2-4-6-21/h9-12,20-21,23,26H,3-8,13-19H2,1-2H3,(H,30,32)(H2,31,33,36);7-10,18-19,21,24H,2-6,11-17H2,1H3,(H,29,31)(H,35,36)(H2,30,32,37). The number of rotatable bonds is 21. The Hall–Kier alpha value is -6.63. The smallest absolute Gasteiger partial charge is 0.315 e. The molecular formula is C57H82N10O9. The molecule has 19 nitrogen and oxygen atoms in total. The second-order valence-electron chi connectivity index (χ2n) is 20.9. The minimum atomic E-state index is -0.775. The van der Waals surface area contributed by atoms with Crippen LogP contribution in [0.2, 0.25) is 0 Å². The van der Waals surface area contributed by atoms with Crippen LogP contribution >= 0.6 is 0 Å². The highest BCUT2D eigenvalue weighted by Crippen LogP contribution is 2.46. The van der Waals surface area contributed by atoms with Gasteiger partial charge >= 0.3 is 18.0 Å². The van der Waals surface area contributed by atoms with E-state index in [4.69, 9.17) is 14.2 Å². The van der Waals surface area contributed by atoms with Crippen molar-refractivity contribution >= 4 is 29.8 Å². The van der Waals surface area contributed by atoms with Crippen LogP contribution in [0.15, 0.2) is 73.6 Å². The van der Waals surface area contributed by atoms with Gasteiger partial charge in [-0.15, -0.1) is 0 Å². The van der Waals surface area contributed by atoms with Crippen LogP contribution in [0, 0.1) is 17.3 Å². The maximum atomic E-state index is 13.8. The van der Waals surface area contributed by atoms with E-state index in [0.717, 1.165) is 66.8 Å². The van der Waals surface area contributed by atoms with Gasteiger partial charge in [0.2, 0.25) is 11.8 Å². The fraction of sp³-hybridized carbons (Fsp3) is 0.596. The van der Waals surface area contributed by atoms with E-state index in [9.17, 15) is 29.1 Å². The summed E-state index contributed by atoms with van der Waals surface area (Å²) in [6.45, 7) is 5.67. The summed E-state index contributed by atoms with van der Waals surface area (Å²) in [5, 5.41) is 21.7. The Bertz CT molecular complexity index is 2390. The van der Waals surface area contributed by atoms with E-state index in [1.54, 1.807) is 44.2 Å². The van der Waals surface area contributed by atoms with Gasteiger partial charge in [-0.2, -0.15) is 0 Å². The number of carboxylic acid groups (broad SMARTS) is 1. The fourth-order valence-corrected chi connectivity index (χ4v) is 12.0. The first-order valence-corrected chi connectivity index (χ1v) is 27.7. The zero-order chi connectivity index (χ0) is 53.8. The average Bonchev–Trinajstić information content (AvgIpc) is 4.20. The summed E-state index contributed by atoms with van der Waals surface area (Å²) >= 11 is 0. The number of imidazole rings is 2. The summed E-state index contributed by atoms with van der Waals surface area (Å²) in [5.41, 5.74) is 2.81. The highest BCUT2D eigenvalue weighted by molar-refractivity contribution is 5.88. The number of carboxylic acids is 1. The van der Waals surface area contributed by atoms with E-state index in [0.29, 0.717) is 96.1 Å². The maximum Gasteiger partial charge on any atom is 0.315 e. The molecule has 4 aliphatic rings. The topological polar surface area (TPSA) is 245 Å². The van der Waals surface area contributed by atoms with E-state index >= 15 is 0 Å². The number of amides is 6. The predicted octanol–water partition coefficient (Wildman–Crippen LogP) is 6.99. The number of likely N-dealkylation sites (tertiary alicyclic amines) is 2. The van der Waals surface area contributed by atoms with Crippen molar-refractivity contribution in [3.63, 3.8) is 0 Å². The lowest BCUT2D eigenvalue weighted by atomic mass is 9.64. The third-order valence-electron chi connectivity index (χ3n) is 16.4. The molecular weight excluding hydrogens is 969 g/mol. The molecule has 0 spiro atoms. The zero-order valence-electron chi connectivity index (χ0n) is 44.9. The van der Waals surface area contributed by atoms with E-state index in [-0.39, 0.29) is 29.4 Å². The van der Waals surface area contributed by atoms with Crippen LogP contribution in [-0.2, 0) is 44.8 Å². The van der Waals surface area contributed by atoms with Crippen LogP contribution in [0.25, 0.3) is 0 Å². The average molecular weight is 1050 g/mol. The van der Waals surface area contributed by atoms with Gasteiger partial charge in [0.25, 0.3) is 0 Å². The van der Waals surface area contributed by atoms with Crippen LogP contribution in [0.3, 0.4) is 0 Å². The molecule has 0 bridgehead atoms.